The summed E-state index contributed by atoms with van der Waals surface area (Å²) in [6, 6.07) is 9.43. The minimum absolute atomic E-state index is 0.0275. The fourth-order valence-corrected chi connectivity index (χ4v) is 6.68. The first-order chi connectivity index (χ1) is 14.8. The summed E-state index contributed by atoms with van der Waals surface area (Å²) in [6.07, 6.45) is 0.860. The first kappa shape index (κ1) is 21.6. The van der Waals surface area contributed by atoms with Gasteiger partial charge in [0.2, 0.25) is 5.91 Å². The molecule has 0 bridgehead atoms. The molecule has 1 aliphatic rings. The molecule has 3 aromatic rings. The van der Waals surface area contributed by atoms with Gasteiger partial charge < -0.3 is 5.32 Å². The van der Waals surface area contributed by atoms with E-state index in [0.717, 1.165) is 0 Å². The van der Waals surface area contributed by atoms with E-state index in [1.165, 1.54) is 39.1 Å². The van der Waals surface area contributed by atoms with Gasteiger partial charge in [-0.3, -0.25) is 14.9 Å². The number of nitro benzene ring substituents is 1. The number of hydrogen-bond acceptors (Lipinski definition) is 8. The number of benzene rings is 1. The molecule has 3 heterocycles. The molecular formula is C19H18N4O5S3. The lowest BCUT2D eigenvalue weighted by Crippen LogP contribution is -2.41. The molecule has 0 spiro atoms. The van der Waals surface area contributed by atoms with Crippen LogP contribution >= 0.6 is 22.7 Å². The van der Waals surface area contributed by atoms with Crippen LogP contribution in [0.1, 0.15) is 12.8 Å². The van der Waals surface area contributed by atoms with Gasteiger partial charge in [0.1, 0.15) is 4.21 Å². The second-order valence-corrected chi connectivity index (χ2v) is 10.9. The van der Waals surface area contributed by atoms with E-state index in [1.807, 2.05) is 0 Å². The van der Waals surface area contributed by atoms with E-state index in [4.69, 9.17) is 0 Å². The van der Waals surface area contributed by atoms with Crippen LogP contribution in [-0.2, 0) is 14.8 Å². The Kier molecular flexibility index (Phi) is 6.14. The Morgan fingerprint density at radius 2 is 1.97 bits per heavy atom. The Morgan fingerprint density at radius 1 is 1.19 bits per heavy atom. The number of anilines is 1. The second-order valence-electron chi connectivity index (χ2n) is 6.95. The number of hydrogen-bond donors (Lipinski definition) is 1. The number of thiophene rings is 1. The molecule has 4 rings (SSSR count). The average molecular weight is 479 g/mol. The van der Waals surface area contributed by atoms with Gasteiger partial charge in [-0.25, -0.2) is 13.4 Å². The van der Waals surface area contributed by atoms with Crippen molar-refractivity contribution in [1.29, 1.82) is 0 Å². The van der Waals surface area contributed by atoms with Crippen molar-refractivity contribution in [2.75, 3.05) is 18.4 Å². The molecule has 9 nitrogen and oxygen atoms in total. The minimum Gasteiger partial charge on any atom is -0.302 e. The number of thiazole rings is 1. The van der Waals surface area contributed by atoms with Crippen LogP contribution in [0.3, 0.4) is 0 Å². The summed E-state index contributed by atoms with van der Waals surface area (Å²) in [5.74, 6) is -0.506. The van der Waals surface area contributed by atoms with Gasteiger partial charge in [0.25, 0.3) is 15.7 Å². The van der Waals surface area contributed by atoms with Gasteiger partial charge in [-0.05, 0) is 24.3 Å². The van der Waals surface area contributed by atoms with Crippen LogP contribution in [0.15, 0.2) is 51.4 Å². The molecule has 0 atom stereocenters. The van der Waals surface area contributed by atoms with Crippen LogP contribution in [0.2, 0.25) is 0 Å². The molecule has 1 fully saturated rings. The molecule has 31 heavy (non-hydrogen) atoms. The van der Waals surface area contributed by atoms with Crippen molar-refractivity contribution in [2.24, 2.45) is 5.92 Å². The van der Waals surface area contributed by atoms with Gasteiger partial charge >= 0.3 is 0 Å². The van der Waals surface area contributed by atoms with Crippen molar-refractivity contribution in [2.45, 2.75) is 17.1 Å². The number of nitrogens with zero attached hydrogens (tertiary/aromatic N) is 3. The minimum atomic E-state index is -3.50. The highest BCUT2D eigenvalue weighted by molar-refractivity contribution is 7.91. The fourth-order valence-electron chi connectivity index (χ4n) is 3.35. The van der Waals surface area contributed by atoms with Crippen LogP contribution in [0, 0.1) is 16.0 Å². The molecule has 0 radical (unpaired) electrons. The number of nitrogens with one attached hydrogen (secondary N) is 1. The Morgan fingerprint density at radius 3 is 2.65 bits per heavy atom. The Bertz CT molecular complexity index is 1200. The lowest BCUT2D eigenvalue weighted by Gasteiger charge is -2.29. The van der Waals surface area contributed by atoms with Crippen molar-refractivity contribution in [3.8, 4) is 11.3 Å². The van der Waals surface area contributed by atoms with E-state index in [9.17, 15) is 23.3 Å². The molecule has 2 aromatic heterocycles. The first-order valence-corrected chi connectivity index (χ1v) is 12.6. The molecule has 0 unspecified atom stereocenters. The molecule has 12 heteroatoms. The van der Waals surface area contributed by atoms with Crippen LogP contribution in [-0.4, -0.2) is 41.6 Å². The van der Waals surface area contributed by atoms with Crippen molar-refractivity contribution >= 4 is 49.4 Å². The Labute approximate surface area is 186 Å². The zero-order chi connectivity index (χ0) is 22.0. The smallest absolute Gasteiger partial charge is 0.270 e. The van der Waals surface area contributed by atoms with Crippen molar-refractivity contribution in [1.82, 2.24) is 9.29 Å². The quantitative estimate of drug-likeness (QED) is 0.424. The van der Waals surface area contributed by atoms with Crippen LogP contribution in [0.25, 0.3) is 11.3 Å². The zero-order valence-corrected chi connectivity index (χ0v) is 18.6. The normalized spacial score (nSPS) is 15.6. The highest BCUT2D eigenvalue weighted by Gasteiger charge is 2.32. The Hall–Kier alpha value is -2.67. The predicted octanol–water partition coefficient (Wildman–Crippen LogP) is 3.82. The van der Waals surface area contributed by atoms with E-state index in [0.29, 0.717) is 33.4 Å². The highest BCUT2D eigenvalue weighted by Crippen LogP contribution is 2.30. The van der Waals surface area contributed by atoms with Crippen LogP contribution in [0.5, 0.6) is 0 Å². The highest BCUT2D eigenvalue weighted by atomic mass is 32.2. The third-order valence-electron chi connectivity index (χ3n) is 5.00. The molecule has 1 saturated heterocycles. The standard InChI is InChI=1S/C19H18N4O5S3/c24-18(13-6-8-22(9-7-13)31(27,28)17-5-2-10-29-17)21-19-20-16(12-30-19)14-3-1-4-15(11-14)23(25)26/h1-5,10-13H,6-9H2,(H,20,21,24). The van der Waals surface area contributed by atoms with E-state index < -0.39 is 14.9 Å². The Balaban J connectivity index is 1.37. The molecule has 162 valence electrons. The summed E-state index contributed by atoms with van der Waals surface area (Å²) >= 11 is 2.42. The topological polar surface area (TPSA) is 123 Å². The summed E-state index contributed by atoms with van der Waals surface area (Å²) < 4.78 is 26.9. The lowest BCUT2D eigenvalue weighted by molar-refractivity contribution is -0.384. The number of rotatable bonds is 6. The SMILES string of the molecule is O=C(Nc1nc(-c2cccc([N+](=O)[O-])c2)cs1)C1CCN(S(=O)(=O)c2cccs2)CC1. The number of amides is 1. The van der Waals surface area contributed by atoms with Gasteiger partial charge in [0.15, 0.2) is 5.13 Å². The van der Waals surface area contributed by atoms with Gasteiger partial charge in [0.05, 0.1) is 10.6 Å². The molecule has 0 saturated carbocycles. The summed E-state index contributed by atoms with van der Waals surface area (Å²) in [7, 11) is -3.50. The van der Waals surface area contributed by atoms with Crippen LogP contribution in [0.4, 0.5) is 10.8 Å². The molecular weight excluding hydrogens is 460 g/mol. The summed E-state index contributed by atoms with van der Waals surface area (Å²) in [5.41, 5.74) is 1.11. The maximum atomic E-state index is 12.6. The van der Waals surface area contributed by atoms with Crippen molar-refractivity contribution < 1.29 is 18.1 Å². The van der Waals surface area contributed by atoms with Crippen molar-refractivity contribution in [3.05, 3.63) is 57.3 Å². The number of non-ortho nitro benzene ring substituents is 1. The number of carbonyl (C=O) groups excluding carboxylic acids is 1. The van der Waals surface area contributed by atoms with Gasteiger partial charge in [0, 0.05) is 42.1 Å². The molecule has 0 aliphatic carbocycles. The molecule has 1 N–H and O–H groups in total. The van der Waals surface area contributed by atoms with Crippen LogP contribution < -0.4 is 5.32 Å². The van der Waals surface area contributed by atoms with Gasteiger partial charge in [-0.2, -0.15) is 4.31 Å². The summed E-state index contributed by atoms with van der Waals surface area (Å²) in [5, 5.41) is 17.6. The zero-order valence-electron chi connectivity index (χ0n) is 16.1. The second kappa shape index (κ2) is 8.83. The van der Waals surface area contributed by atoms with Gasteiger partial charge in [-0.15, -0.1) is 22.7 Å². The van der Waals surface area contributed by atoms with E-state index in [1.54, 1.807) is 35.0 Å². The molecule has 1 aliphatic heterocycles. The fraction of sp³-hybridized carbons (Fsp3) is 0.263. The van der Waals surface area contributed by atoms with E-state index >= 15 is 0 Å². The monoisotopic (exact) mass is 478 g/mol. The number of piperidine rings is 1. The lowest BCUT2D eigenvalue weighted by atomic mass is 9.97. The maximum absolute atomic E-state index is 12.6. The number of nitro groups is 1. The van der Waals surface area contributed by atoms with E-state index in [-0.39, 0.29) is 30.6 Å². The van der Waals surface area contributed by atoms with Crippen molar-refractivity contribution in [3.63, 3.8) is 0 Å². The first-order valence-electron chi connectivity index (χ1n) is 9.39. The summed E-state index contributed by atoms with van der Waals surface area (Å²) in [4.78, 5) is 27.5. The number of carbonyl (C=O) groups is 1. The number of aromatic nitrogens is 1. The number of sulfonamides is 1. The van der Waals surface area contributed by atoms with E-state index in [2.05, 4.69) is 10.3 Å². The predicted molar refractivity (Wildman–Crippen MR) is 119 cm³/mol. The maximum Gasteiger partial charge on any atom is 0.270 e. The molecule has 1 amide bonds. The summed E-state index contributed by atoms with van der Waals surface area (Å²) in [6.45, 7) is 0.574. The average Bonchev–Trinajstić information content (AvgIpc) is 3.47. The third kappa shape index (κ3) is 4.66. The third-order valence-corrected chi connectivity index (χ3v) is 9.03. The molecule has 1 aromatic carbocycles. The van der Waals surface area contributed by atoms with Gasteiger partial charge in [-0.1, -0.05) is 18.2 Å². The largest absolute Gasteiger partial charge is 0.302 e.